The third-order valence-corrected chi connectivity index (χ3v) is 4.85. The smallest absolute Gasteiger partial charge is 0.220 e. The number of hydrogen-bond acceptors (Lipinski definition) is 5. The molecule has 4 rings (SSSR count). The molecule has 1 amide bonds. The molecule has 2 bridgehead atoms. The van der Waals surface area contributed by atoms with Crippen LogP contribution in [0.25, 0.3) is 11.2 Å². The second kappa shape index (κ2) is 5.85. The summed E-state index contributed by atoms with van der Waals surface area (Å²) in [5.41, 5.74) is 1.47. The van der Waals surface area contributed by atoms with E-state index < -0.39 is 0 Å². The molecule has 0 spiro atoms. The first-order chi connectivity index (χ1) is 11.6. The Morgan fingerprint density at radius 3 is 3.04 bits per heavy atom. The van der Waals surface area contributed by atoms with Crippen molar-refractivity contribution >= 4 is 29.2 Å². The molecule has 1 saturated carbocycles. The standard InChI is InChI=1S/C16H21N7O/c1-22(2)8-20-15-14-16(18-7-17-15)23(9-19-14)12-4-3-10-5-11(12)21-13(24)6-10/h7-12H,3-6H2,1-2H3,(H,21,24)/t10-,11-,12-/m0/s1. The second-order valence-electron chi connectivity index (χ2n) is 6.85. The van der Waals surface area contributed by atoms with Gasteiger partial charge in [-0.2, -0.15) is 0 Å². The minimum Gasteiger partial charge on any atom is -0.369 e. The molecule has 24 heavy (non-hydrogen) atoms. The van der Waals surface area contributed by atoms with E-state index in [0.29, 0.717) is 23.7 Å². The van der Waals surface area contributed by atoms with Gasteiger partial charge in [0.1, 0.15) is 6.33 Å². The van der Waals surface area contributed by atoms with Gasteiger partial charge in [0.15, 0.2) is 17.0 Å². The van der Waals surface area contributed by atoms with Crippen LogP contribution >= 0.6 is 0 Å². The van der Waals surface area contributed by atoms with Gasteiger partial charge in [-0.1, -0.05) is 0 Å². The zero-order chi connectivity index (χ0) is 16.7. The van der Waals surface area contributed by atoms with E-state index in [9.17, 15) is 4.79 Å². The third kappa shape index (κ3) is 2.61. The molecule has 0 radical (unpaired) electrons. The van der Waals surface area contributed by atoms with Crippen molar-refractivity contribution in [3.8, 4) is 0 Å². The van der Waals surface area contributed by atoms with E-state index in [4.69, 9.17) is 0 Å². The van der Waals surface area contributed by atoms with Crippen LogP contribution in [0.1, 0.15) is 31.7 Å². The van der Waals surface area contributed by atoms with E-state index in [1.807, 2.05) is 19.0 Å². The van der Waals surface area contributed by atoms with Crippen LogP contribution in [0.2, 0.25) is 0 Å². The summed E-state index contributed by atoms with van der Waals surface area (Å²) >= 11 is 0. The molecule has 1 aliphatic heterocycles. The maximum absolute atomic E-state index is 11.9. The molecule has 0 unspecified atom stereocenters. The maximum Gasteiger partial charge on any atom is 0.220 e. The van der Waals surface area contributed by atoms with E-state index in [1.165, 1.54) is 6.33 Å². The molecule has 126 valence electrons. The third-order valence-electron chi connectivity index (χ3n) is 4.85. The number of aliphatic imine (C=N–C) groups is 1. The fraction of sp³-hybridized carbons (Fsp3) is 0.562. The lowest BCUT2D eigenvalue weighted by Crippen LogP contribution is -2.49. The van der Waals surface area contributed by atoms with E-state index in [-0.39, 0.29) is 18.0 Å². The molecule has 1 aliphatic carbocycles. The van der Waals surface area contributed by atoms with E-state index in [0.717, 1.165) is 24.9 Å². The summed E-state index contributed by atoms with van der Waals surface area (Å²) in [6, 6.07) is 0.349. The van der Waals surface area contributed by atoms with Gasteiger partial charge < -0.3 is 14.8 Å². The van der Waals surface area contributed by atoms with Crippen LogP contribution in [-0.4, -0.2) is 56.8 Å². The highest BCUT2D eigenvalue weighted by molar-refractivity contribution is 5.83. The largest absolute Gasteiger partial charge is 0.369 e. The molecular formula is C16H21N7O. The summed E-state index contributed by atoms with van der Waals surface area (Å²) in [6.07, 6.45) is 8.83. The summed E-state index contributed by atoms with van der Waals surface area (Å²) in [6.45, 7) is 0. The van der Waals surface area contributed by atoms with Gasteiger partial charge in [-0.15, -0.1) is 0 Å². The molecule has 0 aromatic carbocycles. The molecule has 8 heteroatoms. The lowest BCUT2D eigenvalue weighted by Gasteiger charge is -2.40. The SMILES string of the molecule is CN(C)C=Nc1ncnc2c1ncn2[C@H]1CC[C@@H]2CC(=O)N[C@H]1C2. The average Bonchev–Trinajstić information content (AvgIpc) is 2.97. The number of amides is 1. The average molecular weight is 327 g/mol. The Bertz CT molecular complexity index is 797. The minimum absolute atomic E-state index is 0.158. The van der Waals surface area contributed by atoms with E-state index in [2.05, 4.69) is 29.8 Å². The predicted molar refractivity (Wildman–Crippen MR) is 90.1 cm³/mol. The topological polar surface area (TPSA) is 88.3 Å². The Balaban J connectivity index is 1.70. The van der Waals surface area contributed by atoms with Crippen LogP contribution in [0.5, 0.6) is 0 Å². The Morgan fingerprint density at radius 1 is 1.33 bits per heavy atom. The van der Waals surface area contributed by atoms with Crippen LogP contribution in [-0.2, 0) is 4.79 Å². The van der Waals surface area contributed by atoms with Crippen molar-refractivity contribution < 1.29 is 4.79 Å². The zero-order valence-corrected chi connectivity index (χ0v) is 13.9. The Morgan fingerprint density at radius 2 is 2.21 bits per heavy atom. The summed E-state index contributed by atoms with van der Waals surface area (Å²) in [5, 5.41) is 3.14. The highest BCUT2D eigenvalue weighted by Crippen LogP contribution is 2.38. The van der Waals surface area contributed by atoms with Gasteiger partial charge in [0, 0.05) is 26.6 Å². The molecule has 3 atom stereocenters. The van der Waals surface area contributed by atoms with Gasteiger partial charge in [-0.25, -0.2) is 19.9 Å². The number of carbonyl (C=O) groups excluding carboxylic acids is 1. The minimum atomic E-state index is 0.158. The number of fused-ring (bicyclic) bond motifs is 3. The summed E-state index contributed by atoms with van der Waals surface area (Å²) in [5.74, 6) is 1.25. The fourth-order valence-corrected chi connectivity index (χ4v) is 3.79. The van der Waals surface area contributed by atoms with E-state index in [1.54, 1.807) is 12.7 Å². The molecule has 2 aromatic heterocycles. The van der Waals surface area contributed by atoms with Crippen molar-refractivity contribution in [2.24, 2.45) is 10.9 Å². The maximum atomic E-state index is 11.9. The summed E-state index contributed by atoms with van der Waals surface area (Å²) in [4.78, 5) is 31.2. The first kappa shape index (κ1) is 15.0. The highest BCUT2D eigenvalue weighted by atomic mass is 16.1. The lowest BCUT2D eigenvalue weighted by atomic mass is 9.77. The van der Waals surface area contributed by atoms with Gasteiger partial charge in [0.2, 0.25) is 5.91 Å². The second-order valence-corrected chi connectivity index (χ2v) is 6.85. The van der Waals surface area contributed by atoms with Crippen LogP contribution in [0, 0.1) is 5.92 Å². The number of nitrogens with one attached hydrogen (secondary N) is 1. The number of imidazole rings is 1. The van der Waals surface area contributed by atoms with Crippen LogP contribution < -0.4 is 5.32 Å². The van der Waals surface area contributed by atoms with Crippen molar-refractivity contribution in [3.05, 3.63) is 12.7 Å². The number of hydrogen-bond donors (Lipinski definition) is 1. The Hall–Kier alpha value is -2.51. The molecule has 1 N–H and O–H groups in total. The molecule has 1 saturated heterocycles. The van der Waals surface area contributed by atoms with Crippen molar-refractivity contribution in [3.63, 3.8) is 0 Å². The van der Waals surface area contributed by atoms with Gasteiger partial charge in [0.25, 0.3) is 0 Å². The molecule has 2 fully saturated rings. The monoisotopic (exact) mass is 327 g/mol. The van der Waals surface area contributed by atoms with Gasteiger partial charge >= 0.3 is 0 Å². The fourth-order valence-electron chi connectivity index (χ4n) is 3.79. The number of rotatable bonds is 3. The first-order valence-electron chi connectivity index (χ1n) is 8.29. The summed E-state index contributed by atoms with van der Waals surface area (Å²) in [7, 11) is 3.81. The number of aromatic nitrogens is 4. The Labute approximate surface area is 140 Å². The van der Waals surface area contributed by atoms with E-state index >= 15 is 0 Å². The van der Waals surface area contributed by atoms with Crippen LogP contribution in [0.15, 0.2) is 17.6 Å². The number of carbonyl (C=O) groups is 1. The van der Waals surface area contributed by atoms with Crippen LogP contribution in [0.3, 0.4) is 0 Å². The normalized spacial score (nSPS) is 26.8. The van der Waals surface area contributed by atoms with Crippen molar-refractivity contribution in [1.82, 2.24) is 29.7 Å². The number of nitrogens with zero attached hydrogens (tertiary/aromatic N) is 6. The van der Waals surface area contributed by atoms with Gasteiger partial charge in [-0.3, -0.25) is 4.79 Å². The van der Waals surface area contributed by atoms with Crippen molar-refractivity contribution in [1.29, 1.82) is 0 Å². The van der Waals surface area contributed by atoms with Crippen molar-refractivity contribution in [2.75, 3.05) is 14.1 Å². The highest BCUT2D eigenvalue weighted by Gasteiger charge is 2.38. The number of piperidine rings is 1. The Kier molecular flexibility index (Phi) is 3.66. The molecule has 2 aromatic rings. The summed E-state index contributed by atoms with van der Waals surface area (Å²) < 4.78 is 2.08. The van der Waals surface area contributed by atoms with Gasteiger partial charge in [-0.05, 0) is 25.2 Å². The molecular weight excluding hydrogens is 306 g/mol. The quantitative estimate of drug-likeness (QED) is 0.677. The van der Waals surface area contributed by atoms with Gasteiger partial charge in [0.05, 0.1) is 18.7 Å². The zero-order valence-electron chi connectivity index (χ0n) is 13.9. The lowest BCUT2D eigenvalue weighted by molar-refractivity contribution is -0.126. The van der Waals surface area contributed by atoms with Crippen LogP contribution in [0.4, 0.5) is 5.82 Å². The first-order valence-corrected chi connectivity index (χ1v) is 8.29. The van der Waals surface area contributed by atoms with Crippen molar-refractivity contribution in [2.45, 2.75) is 37.8 Å². The molecule has 3 heterocycles. The molecule has 2 aliphatic rings. The molecule has 8 nitrogen and oxygen atoms in total. The predicted octanol–water partition coefficient (Wildman–Crippen LogP) is 1.28.